The van der Waals surface area contributed by atoms with E-state index in [1.54, 1.807) is 0 Å². The fourth-order valence-electron chi connectivity index (χ4n) is 1.87. The van der Waals surface area contributed by atoms with Crippen LogP contribution in [-0.2, 0) is 16.1 Å². The quantitative estimate of drug-likeness (QED) is 0.695. The topological polar surface area (TPSA) is 101 Å². The van der Waals surface area contributed by atoms with Gasteiger partial charge in [-0.3, -0.25) is 4.79 Å². The van der Waals surface area contributed by atoms with E-state index in [4.69, 9.17) is 9.84 Å². The lowest BCUT2D eigenvalue weighted by molar-refractivity contribution is -0.128. The normalized spacial score (nSPS) is 16.0. The zero-order valence-electron chi connectivity index (χ0n) is 10.9. The Morgan fingerprint density at radius 3 is 2.90 bits per heavy atom. The lowest BCUT2D eigenvalue weighted by Crippen LogP contribution is -2.35. The summed E-state index contributed by atoms with van der Waals surface area (Å²) in [6.07, 6.45) is 1.98. The second kappa shape index (κ2) is 7.32. The van der Waals surface area contributed by atoms with Crippen LogP contribution in [0.3, 0.4) is 0 Å². The van der Waals surface area contributed by atoms with Gasteiger partial charge in [-0.1, -0.05) is 0 Å². The van der Waals surface area contributed by atoms with Crippen LogP contribution in [0, 0.1) is 0 Å². The van der Waals surface area contributed by atoms with E-state index in [0.29, 0.717) is 5.01 Å². The molecule has 2 heterocycles. The number of hydrogen-bond acceptors (Lipinski definition) is 6. The van der Waals surface area contributed by atoms with E-state index in [-0.39, 0.29) is 30.9 Å². The lowest BCUT2D eigenvalue weighted by Gasteiger charge is -2.22. The Labute approximate surface area is 120 Å². The third kappa shape index (κ3) is 4.55. The molecule has 8 heteroatoms. The summed E-state index contributed by atoms with van der Waals surface area (Å²) in [5, 5.41) is 16.6. The van der Waals surface area contributed by atoms with Crippen LogP contribution in [-0.4, -0.2) is 47.8 Å². The molecule has 1 aromatic rings. The van der Waals surface area contributed by atoms with Crippen molar-refractivity contribution in [1.29, 1.82) is 0 Å². The zero-order valence-corrected chi connectivity index (χ0v) is 11.7. The molecule has 1 amide bonds. The van der Waals surface area contributed by atoms with Crippen molar-refractivity contribution in [3.63, 3.8) is 0 Å². The number of nitrogens with zero attached hydrogens (tertiary/aromatic N) is 1. The van der Waals surface area contributed by atoms with Gasteiger partial charge in [-0.05, 0) is 25.9 Å². The molecule has 0 radical (unpaired) electrons. The van der Waals surface area contributed by atoms with Crippen LogP contribution < -0.4 is 10.6 Å². The first kappa shape index (κ1) is 14.9. The van der Waals surface area contributed by atoms with Gasteiger partial charge in [0.15, 0.2) is 5.69 Å². The average molecular weight is 299 g/mol. The maximum absolute atomic E-state index is 11.6. The third-order valence-corrected chi connectivity index (χ3v) is 3.79. The minimum atomic E-state index is -1.06. The highest BCUT2D eigenvalue weighted by molar-refractivity contribution is 7.09. The number of rotatable bonds is 6. The molecule has 1 fully saturated rings. The van der Waals surface area contributed by atoms with E-state index in [0.717, 1.165) is 25.9 Å². The van der Waals surface area contributed by atoms with Gasteiger partial charge in [0, 0.05) is 5.38 Å². The summed E-state index contributed by atoms with van der Waals surface area (Å²) < 4.78 is 5.51. The first-order valence-corrected chi connectivity index (χ1v) is 7.30. The molecule has 0 unspecified atom stereocenters. The fourth-order valence-corrected chi connectivity index (χ4v) is 2.58. The van der Waals surface area contributed by atoms with Gasteiger partial charge in [0.1, 0.15) is 11.6 Å². The molecular weight excluding hydrogens is 282 g/mol. The number of piperidine rings is 1. The van der Waals surface area contributed by atoms with Gasteiger partial charge < -0.3 is 20.5 Å². The Balaban J connectivity index is 1.67. The number of aromatic nitrogens is 1. The third-order valence-electron chi connectivity index (χ3n) is 2.94. The van der Waals surface area contributed by atoms with Gasteiger partial charge in [-0.25, -0.2) is 9.78 Å². The van der Waals surface area contributed by atoms with E-state index in [1.807, 2.05) is 0 Å². The largest absolute Gasteiger partial charge is 0.476 e. The standard InChI is InChI=1S/C12H17N3O4S/c16-10(6-19-8-1-3-13-4-2-8)14-5-11-15-9(7-20-11)12(17)18/h7-8,13H,1-6H2,(H,14,16)(H,17,18). The summed E-state index contributed by atoms with van der Waals surface area (Å²) >= 11 is 1.21. The second-order valence-corrected chi connectivity index (χ2v) is 5.41. The summed E-state index contributed by atoms with van der Waals surface area (Å²) in [5.41, 5.74) is 0.00482. The fraction of sp³-hybridized carbons (Fsp3) is 0.583. The minimum absolute atomic E-state index is 0.00482. The van der Waals surface area contributed by atoms with Crippen molar-refractivity contribution in [1.82, 2.24) is 15.6 Å². The van der Waals surface area contributed by atoms with Crippen molar-refractivity contribution in [2.24, 2.45) is 0 Å². The minimum Gasteiger partial charge on any atom is -0.476 e. The number of aromatic carboxylic acids is 1. The van der Waals surface area contributed by atoms with Gasteiger partial charge in [-0.2, -0.15) is 0 Å². The number of carbonyl (C=O) groups is 2. The van der Waals surface area contributed by atoms with Gasteiger partial charge in [-0.15, -0.1) is 11.3 Å². The van der Waals surface area contributed by atoms with Crippen LogP contribution in [0.4, 0.5) is 0 Å². The Kier molecular flexibility index (Phi) is 5.45. The molecule has 0 atom stereocenters. The average Bonchev–Trinajstić information content (AvgIpc) is 2.93. The van der Waals surface area contributed by atoms with Crippen LogP contribution in [0.25, 0.3) is 0 Å². The summed E-state index contributed by atoms with van der Waals surface area (Å²) in [6.45, 7) is 2.10. The maximum atomic E-state index is 11.6. The molecule has 1 aliphatic heterocycles. The SMILES string of the molecule is O=C(COC1CCNCC1)NCc1nc(C(=O)O)cs1. The van der Waals surface area contributed by atoms with Crippen LogP contribution in [0.2, 0.25) is 0 Å². The number of nitrogens with one attached hydrogen (secondary N) is 2. The van der Waals surface area contributed by atoms with Crippen molar-refractivity contribution in [3.8, 4) is 0 Å². The molecule has 0 spiro atoms. The number of carbonyl (C=O) groups excluding carboxylic acids is 1. The maximum Gasteiger partial charge on any atom is 0.355 e. The monoisotopic (exact) mass is 299 g/mol. The van der Waals surface area contributed by atoms with Gasteiger partial charge in [0.05, 0.1) is 12.6 Å². The first-order chi connectivity index (χ1) is 9.65. The summed E-state index contributed by atoms with van der Waals surface area (Å²) in [5.74, 6) is -1.27. The number of ether oxygens (including phenoxy) is 1. The molecule has 0 saturated carbocycles. The highest BCUT2D eigenvalue weighted by Crippen LogP contribution is 2.09. The highest BCUT2D eigenvalue weighted by Gasteiger charge is 2.15. The lowest BCUT2D eigenvalue weighted by atomic mass is 10.1. The Morgan fingerprint density at radius 1 is 1.50 bits per heavy atom. The van der Waals surface area contributed by atoms with E-state index < -0.39 is 5.97 Å². The molecule has 3 N–H and O–H groups in total. The van der Waals surface area contributed by atoms with E-state index in [2.05, 4.69) is 15.6 Å². The summed E-state index contributed by atoms with van der Waals surface area (Å²) in [4.78, 5) is 26.2. The predicted octanol–water partition coefficient (Wildman–Crippen LogP) is 0.226. The molecule has 1 aliphatic rings. The Hall–Kier alpha value is -1.51. The van der Waals surface area contributed by atoms with Crippen LogP contribution >= 0.6 is 11.3 Å². The van der Waals surface area contributed by atoms with Crippen molar-refractivity contribution >= 4 is 23.2 Å². The van der Waals surface area contributed by atoms with Gasteiger partial charge >= 0.3 is 5.97 Å². The number of carboxylic acid groups (broad SMARTS) is 1. The summed E-state index contributed by atoms with van der Waals surface area (Å²) in [6, 6.07) is 0. The molecule has 7 nitrogen and oxygen atoms in total. The molecule has 0 aromatic carbocycles. The number of thiazole rings is 1. The van der Waals surface area contributed by atoms with Crippen LogP contribution in [0.1, 0.15) is 28.3 Å². The predicted molar refractivity (Wildman–Crippen MR) is 72.8 cm³/mol. The van der Waals surface area contributed by atoms with E-state index in [1.165, 1.54) is 16.7 Å². The molecule has 1 saturated heterocycles. The smallest absolute Gasteiger partial charge is 0.355 e. The van der Waals surface area contributed by atoms with Crippen molar-refractivity contribution in [2.75, 3.05) is 19.7 Å². The van der Waals surface area contributed by atoms with Crippen LogP contribution in [0.15, 0.2) is 5.38 Å². The molecule has 0 aliphatic carbocycles. The van der Waals surface area contributed by atoms with Crippen molar-refractivity contribution in [3.05, 3.63) is 16.1 Å². The molecular formula is C12H17N3O4S. The second-order valence-electron chi connectivity index (χ2n) is 4.47. The van der Waals surface area contributed by atoms with Crippen molar-refractivity contribution < 1.29 is 19.4 Å². The first-order valence-electron chi connectivity index (χ1n) is 6.42. The Morgan fingerprint density at radius 2 is 2.25 bits per heavy atom. The molecule has 110 valence electrons. The number of amides is 1. The number of hydrogen-bond donors (Lipinski definition) is 3. The molecule has 0 bridgehead atoms. The van der Waals surface area contributed by atoms with Crippen molar-refractivity contribution in [2.45, 2.75) is 25.5 Å². The Bertz CT molecular complexity index is 471. The van der Waals surface area contributed by atoms with Gasteiger partial charge in [0.2, 0.25) is 5.91 Å². The van der Waals surface area contributed by atoms with E-state index >= 15 is 0 Å². The zero-order chi connectivity index (χ0) is 14.4. The van der Waals surface area contributed by atoms with Gasteiger partial charge in [0.25, 0.3) is 0 Å². The molecule has 2 rings (SSSR count). The highest BCUT2D eigenvalue weighted by atomic mass is 32.1. The van der Waals surface area contributed by atoms with E-state index in [9.17, 15) is 9.59 Å². The molecule has 1 aromatic heterocycles. The van der Waals surface area contributed by atoms with Crippen LogP contribution in [0.5, 0.6) is 0 Å². The molecule has 20 heavy (non-hydrogen) atoms. The number of carboxylic acids is 1. The summed E-state index contributed by atoms with van der Waals surface area (Å²) in [7, 11) is 0.